The van der Waals surface area contributed by atoms with Crippen LogP contribution in [0, 0.1) is 6.92 Å². The highest BCUT2D eigenvalue weighted by molar-refractivity contribution is 5.39. The Balaban J connectivity index is 2.04. The van der Waals surface area contributed by atoms with E-state index in [-0.39, 0.29) is 6.04 Å². The number of benzene rings is 1. The molecule has 1 aromatic carbocycles. The molecule has 0 spiro atoms. The van der Waals surface area contributed by atoms with Crippen molar-refractivity contribution in [1.29, 1.82) is 0 Å². The molecule has 1 aromatic rings. The monoisotopic (exact) mass is 291 g/mol. The van der Waals surface area contributed by atoms with Gasteiger partial charge >= 0.3 is 0 Å². The summed E-state index contributed by atoms with van der Waals surface area (Å²) in [6, 6.07) is 6.88. The fraction of sp³-hybridized carbons (Fsp3) is 0.647. The van der Waals surface area contributed by atoms with Gasteiger partial charge in [-0.25, -0.2) is 0 Å². The Labute approximate surface area is 128 Å². The minimum atomic E-state index is 0.000706. The quantitative estimate of drug-likeness (QED) is 0.901. The minimum Gasteiger partial charge on any atom is -0.496 e. The first-order valence-corrected chi connectivity index (χ1v) is 7.80. The van der Waals surface area contributed by atoms with E-state index in [1.54, 1.807) is 7.11 Å². The number of hydrogen-bond acceptors (Lipinski definition) is 4. The number of rotatable bonds is 5. The van der Waals surface area contributed by atoms with Crippen molar-refractivity contribution in [3.05, 3.63) is 29.3 Å². The summed E-state index contributed by atoms with van der Waals surface area (Å²) in [7, 11) is 6.04. The lowest BCUT2D eigenvalue weighted by Crippen LogP contribution is -2.47. The molecule has 2 atom stereocenters. The SMILES string of the molecule is COc1ccc(C)cc1C(N)CN1CCCC(N(C)C)C1. The number of methoxy groups -OCH3 is 1. The Kier molecular flexibility index (Phi) is 5.62. The van der Waals surface area contributed by atoms with Crippen molar-refractivity contribution >= 4 is 0 Å². The van der Waals surface area contributed by atoms with Crippen molar-refractivity contribution < 1.29 is 4.74 Å². The molecule has 0 aliphatic carbocycles. The van der Waals surface area contributed by atoms with Gasteiger partial charge in [-0.3, -0.25) is 4.90 Å². The molecular formula is C17H29N3O. The Morgan fingerprint density at radius 1 is 1.43 bits per heavy atom. The average Bonchev–Trinajstić information content (AvgIpc) is 2.47. The van der Waals surface area contributed by atoms with Crippen LogP contribution in [0.2, 0.25) is 0 Å². The highest BCUT2D eigenvalue weighted by atomic mass is 16.5. The van der Waals surface area contributed by atoms with Crippen molar-refractivity contribution in [3.8, 4) is 5.75 Å². The second-order valence-corrected chi connectivity index (χ2v) is 6.37. The van der Waals surface area contributed by atoms with Gasteiger partial charge in [0, 0.05) is 30.7 Å². The largest absolute Gasteiger partial charge is 0.496 e. The van der Waals surface area contributed by atoms with Crippen LogP contribution in [0.3, 0.4) is 0 Å². The summed E-state index contributed by atoms with van der Waals surface area (Å²) in [5.41, 5.74) is 8.80. The van der Waals surface area contributed by atoms with Crippen LogP contribution in [-0.4, -0.2) is 56.7 Å². The second-order valence-electron chi connectivity index (χ2n) is 6.37. The van der Waals surface area contributed by atoms with Crippen LogP contribution < -0.4 is 10.5 Å². The molecule has 0 aromatic heterocycles. The van der Waals surface area contributed by atoms with Gasteiger partial charge in [-0.1, -0.05) is 17.7 Å². The second kappa shape index (κ2) is 7.25. The number of ether oxygens (including phenoxy) is 1. The standard InChI is InChI=1S/C17H29N3O/c1-13-7-8-17(21-4)15(10-13)16(18)12-20-9-5-6-14(11-20)19(2)3/h7-8,10,14,16H,5-6,9,11-12,18H2,1-4H3. The summed E-state index contributed by atoms with van der Waals surface area (Å²) >= 11 is 0. The van der Waals surface area contributed by atoms with Crippen molar-refractivity contribution in [3.63, 3.8) is 0 Å². The van der Waals surface area contributed by atoms with E-state index in [2.05, 4.69) is 43.0 Å². The molecule has 1 fully saturated rings. The predicted molar refractivity (Wildman–Crippen MR) is 87.8 cm³/mol. The fourth-order valence-corrected chi connectivity index (χ4v) is 3.14. The van der Waals surface area contributed by atoms with Crippen LogP contribution in [0.15, 0.2) is 18.2 Å². The number of hydrogen-bond donors (Lipinski definition) is 1. The molecule has 1 aliphatic rings. The topological polar surface area (TPSA) is 41.7 Å². The van der Waals surface area contributed by atoms with E-state index in [1.807, 2.05) is 6.07 Å². The van der Waals surface area contributed by atoms with E-state index in [4.69, 9.17) is 10.5 Å². The maximum Gasteiger partial charge on any atom is 0.123 e. The van der Waals surface area contributed by atoms with Crippen LogP contribution in [-0.2, 0) is 0 Å². The lowest BCUT2D eigenvalue weighted by Gasteiger charge is -2.37. The number of likely N-dealkylation sites (N-methyl/N-ethyl adjacent to an activating group) is 1. The predicted octanol–water partition coefficient (Wildman–Crippen LogP) is 2.03. The van der Waals surface area contributed by atoms with E-state index in [1.165, 1.54) is 18.4 Å². The summed E-state index contributed by atoms with van der Waals surface area (Å²) in [6.07, 6.45) is 2.53. The van der Waals surface area contributed by atoms with Crippen LogP contribution in [0.1, 0.15) is 30.0 Å². The maximum absolute atomic E-state index is 6.46. The van der Waals surface area contributed by atoms with Crippen molar-refractivity contribution in [2.75, 3.05) is 40.8 Å². The maximum atomic E-state index is 6.46. The van der Waals surface area contributed by atoms with Gasteiger partial charge in [-0.05, 0) is 46.5 Å². The minimum absolute atomic E-state index is 0.000706. The Morgan fingerprint density at radius 3 is 2.86 bits per heavy atom. The molecule has 0 radical (unpaired) electrons. The molecule has 1 saturated heterocycles. The highest BCUT2D eigenvalue weighted by Crippen LogP contribution is 2.26. The molecule has 0 amide bonds. The zero-order chi connectivity index (χ0) is 15.4. The Bertz CT molecular complexity index is 461. The van der Waals surface area contributed by atoms with Gasteiger partial charge in [-0.15, -0.1) is 0 Å². The zero-order valence-corrected chi connectivity index (χ0v) is 13.8. The first kappa shape index (κ1) is 16.3. The molecule has 4 heteroatoms. The lowest BCUT2D eigenvalue weighted by molar-refractivity contribution is 0.127. The fourth-order valence-electron chi connectivity index (χ4n) is 3.14. The van der Waals surface area contributed by atoms with Crippen LogP contribution in [0.5, 0.6) is 5.75 Å². The number of likely N-dealkylation sites (tertiary alicyclic amines) is 1. The number of nitrogens with zero attached hydrogens (tertiary/aromatic N) is 2. The molecule has 0 saturated carbocycles. The van der Waals surface area contributed by atoms with Crippen LogP contribution in [0.25, 0.3) is 0 Å². The summed E-state index contributed by atoms with van der Waals surface area (Å²) < 4.78 is 5.46. The molecule has 118 valence electrons. The van der Waals surface area contributed by atoms with E-state index in [9.17, 15) is 0 Å². The Hall–Kier alpha value is -1.10. The third-order valence-corrected chi connectivity index (χ3v) is 4.45. The molecule has 0 bridgehead atoms. The lowest BCUT2D eigenvalue weighted by atomic mass is 10.0. The number of aryl methyl sites for hydroxylation is 1. The average molecular weight is 291 g/mol. The molecule has 2 N–H and O–H groups in total. The van der Waals surface area contributed by atoms with E-state index in [0.29, 0.717) is 6.04 Å². The van der Waals surface area contributed by atoms with Crippen LogP contribution in [0.4, 0.5) is 0 Å². The molecule has 21 heavy (non-hydrogen) atoms. The number of nitrogens with two attached hydrogens (primary N) is 1. The molecule has 2 unspecified atom stereocenters. The molecule has 2 rings (SSSR count). The smallest absolute Gasteiger partial charge is 0.123 e. The normalized spacial score (nSPS) is 21.5. The number of piperidine rings is 1. The molecule has 4 nitrogen and oxygen atoms in total. The van der Waals surface area contributed by atoms with Gasteiger partial charge in [-0.2, -0.15) is 0 Å². The van der Waals surface area contributed by atoms with Crippen molar-refractivity contribution in [1.82, 2.24) is 9.80 Å². The van der Waals surface area contributed by atoms with Gasteiger partial charge in [0.05, 0.1) is 7.11 Å². The van der Waals surface area contributed by atoms with Crippen molar-refractivity contribution in [2.45, 2.75) is 31.8 Å². The van der Waals surface area contributed by atoms with Gasteiger partial charge in [0.2, 0.25) is 0 Å². The summed E-state index contributed by atoms with van der Waals surface area (Å²) in [5, 5.41) is 0. The summed E-state index contributed by atoms with van der Waals surface area (Å²) in [4.78, 5) is 4.81. The van der Waals surface area contributed by atoms with E-state index < -0.39 is 0 Å². The zero-order valence-electron chi connectivity index (χ0n) is 13.8. The molecule has 1 heterocycles. The van der Waals surface area contributed by atoms with Gasteiger partial charge in [0.1, 0.15) is 5.75 Å². The Morgan fingerprint density at radius 2 is 2.19 bits per heavy atom. The highest BCUT2D eigenvalue weighted by Gasteiger charge is 2.23. The third kappa shape index (κ3) is 4.19. The van der Waals surface area contributed by atoms with E-state index in [0.717, 1.165) is 30.9 Å². The summed E-state index contributed by atoms with van der Waals surface area (Å²) in [5.74, 6) is 0.897. The van der Waals surface area contributed by atoms with Gasteiger partial charge in [0.25, 0.3) is 0 Å². The van der Waals surface area contributed by atoms with Crippen LogP contribution >= 0.6 is 0 Å². The van der Waals surface area contributed by atoms with Crippen molar-refractivity contribution in [2.24, 2.45) is 5.73 Å². The first-order valence-electron chi connectivity index (χ1n) is 7.80. The van der Waals surface area contributed by atoms with Gasteiger partial charge < -0.3 is 15.4 Å². The molecule has 1 aliphatic heterocycles. The third-order valence-electron chi connectivity index (χ3n) is 4.45. The summed E-state index contributed by atoms with van der Waals surface area (Å²) in [6.45, 7) is 5.24. The van der Waals surface area contributed by atoms with E-state index >= 15 is 0 Å². The van der Waals surface area contributed by atoms with Gasteiger partial charge in [0.15, 0.2) is 0 Å². The first-order chi connectivity index (χ1) is 10.0. The molecular weight excluding hydrogens is 262 g/mol.